The Bertz CT molecular complexity index is 1120. The molecule has 3 rings (SSSR count). The molecule has 0 saturated carbocycles. The van der Waals surface area contributed by atoms with Crippen molar-refractivity contribution in [1.82, 2.24) is 5.32 Å². The molecule has 0 spiro atoms. The molecule has 2 amide bonds. The average Bonchev–Trinajstić information content (AvgIpc) is 3.29. The van der Waals surface area contributed by atoms with E-state index in [1.54, 1.807) is 30.3 Å². The molecule has 9 nitrogen and oxygen atoms in total. The van der Waals surface area contributed by atoms with Crippen LogP contribution >= 0.6 is 11.6 Å². The van der Waals surface area contributed by atoms with Crippen LogP contribution < -0.4 is 19.7 Å². The van der Waals surface area contributed by atoms with E-state index in [0.717, 1.165) is 23.4 Å². The van der Waals surface area contributed by atoms with Crippen LogP contribution in [0.1, 0.15) is 23.2 Å². The maximum Gasteiger partial charge on any atom is 0.253 e. The number of sulfonamides is 1. The zero-order chi connectivity index (χ0) is 24.0. The summed E-state index contributed by atoms with van der Waals surface area (Å²) in [5, 5.41) is 5.73. The normalized spacial score (nSPS) is 15.7. The molecular weight excluding hydrogens is 470 g/mol. The lowest BCUT2D eigenvalue weighted by atomic mass is 10.1. The molecule has 178 valence electrons. The number of carbonyl (C=O) groups is 2. The predicted octanol–water partition coefficient (Wildman–Crippen LogP) is 2.66. The van der Waals surface area contributed by atoms with E-state index < -0.39 is 22.5 Å². The molecule has 11 heteroatoms. The number of halogens is 1. The molecule has 1 saturated heterocycles. The van der Waals surface area contributed by atoms with E-state index in [4.69, 9.17) is 21.1 Å². The highest BCUT2D eigenvalue weighted by molar-refractivity contribution is 7.92. The zero-order valence-corrected chi connectivity index (χ0v) is 19.9. The summed E-state index contributed by atoms with van der Waals surface area (Å²) in [5.74, 6) is -0.758. The van der Waals surface area contributed by atoms with Gasteiger partial charge in [-0.15, -0.1) is 0 Å². The van der Waals surface area contributed by atoms with E-state index >= 15 is 0 Å². The topological polar surface area (TPSA) is 114 Å². The Morgan fingerprint density at radius 1 is 1.24 bits per heavy atom. The SMILES string of the molecule is COc1ccc(Cl)cc1N(CC(=O)Nc1ccccc1C(=O)NC[C@H]1CCCO1)S(C)(=O)=O. The Kier molecular flexibility index (Phi) is 8.17. The lowest BCUT2D eigenvalue weighted by molar-refractivity contribution is -0.114. The second-order valence-electron chi connectivity index (χ2n) is 7.52. The first kappa shape index (κ1) is 24.8. The van der Waals surface area contributed by atoms with Gasteiger partial charge in [0.15, 0.2) is 0 Å². The van der Waals surface area contributed by atoms with Gasteiger partial charge in [0.1, 0.15) is 12.3 Å². The fraction of sp³-hybridized carbons (Fsp3) is 0.364. The lowest BCUT2D eigenvalue weighted by Crippen LogP contribution is -2.38. The van der Waals surface area contributed by atoms with Gasteiger partial charge in [-0.05, 0) is 43.2 Å². The quantitative estimate of drug-likeness (QED) is 0.553. The molecule has 0 unspecified atom stereocenters. The predicted molar refractivity (Wildman–Crippen MR) is 127 cm³/mol. The van der Waals surface area contributed by atoms with Crippen molar-refractivity contribution in [1.29, 1.82) is 0 Å². The van der Waals surface area contributed by atoms with Crippen molar-refractivity contribution in [2.45, 2.75) is 18.9 Å². The van der Waals surface area contributed by atoms with Crippen LogP contribution in [0.2, 0.25) is 5.02 Å². The highest BCUT2D eigenvalue weighted by Crippen LogP contribution is 2.32. The van der Waals surface area contributed by atoms with Crippen LogP contribution in [0.3, 0.4) is 0 Å². The van der Waals surface area contributed by atoms with E-state index in [1.807, 2.05) is 0 Å². The highest BCUT2D eigenvalue weighted by Gasteiger charge is 2.25. The zero-order valence-electron chi connectivity index (χ0n) is 18.3. The van der Waals surface area contributed by atoms with Crippen molar-refractivity contribution in [3.63, 3.8) is 0 Å². The number of hydrogen-bond donors (Lipinski definition) is 2. The lowest BCUT2D eigenvalue weighted by Gasteiger charge is -2.24. The molecule has 0 aromatic heterocycles. The van der Waals surface area contributed by atoms with Crippen LogP contribution in [-0.2, 0) is 19.6 Å². The number of methoxy groups -OCH3 is 1. The Morgan fingerprint density at radius 3 is 2.67 bits per heavy atom. The van der Waals surface area contributed by atoms with Crippen LogP contribution in [0.25, 0.3) is 0 Å². The number of para-hydroxylation sites is 1. The molecule has 33 heavy (non-hydrogen) atoms. The summed E-state index contributed by atoms with van der Waals surface area (Å²) in [6.45, 7) is 0.514. The minimum atomic E-state index is -3.86. The maximum atomic E-state index is 12.8. The van der Waals surface area contributed by atoms with Gasteiger partial charge >= 0.3 is 0 Å². The van der Waals surface area contributed by atoms with Crippen LogP contribution in [0.5, 0.6) is 5.75 Å². The summed E-state index contributed by atoms with van der Waals surface area (Å²) in [5.41, 5.74) is 0.652. The molecule has 2 aromatic rings. The monoisotopic (exact) mass is 495 g/mol. The van der Waals surface area contributed by atoms with Crippen LogP contribution in [0.4, 0.5) is 11.4 Å². The third-order valence-corrected chi connectivity index (χ3v) is 6.42. The molecule has 0 aliphatic carbocycles. The first-order chi connectivity index (χ1) is 15.7. The third kappa shape index (κ3) is 6.59. The van der Waals surface area contributed by atoms with Crippen molar-refractivity contribution in [3.8, 4) is 5.75 Å². The second-order valence-corrected chi connectivity index (χ2v) is 9.87. The van der Waals surface area contributed by atoms with Gasteiger partial charge in [0.25, 0.3) is 5.91 Å². The van der Waals surface area contributed by atoms with Crippen molar-refractivity contribution in [2.24, 2.45) is 0 Å². The van der Waals surface area contributed by atoms with E-state index in [-0.39, 0.29) is 39.7 Å². The van der Waals surface area contributed by atoms with Crippen molar-refractivity contribution in [3.05, 3.63) is 53.1 Å². The van der Waals surface area contributed by atoms with Gasteiger partial charge in [-0.3, -0.25) is 13.9 Å². The highest BCUT2D eigenvalue weighted by atomic mass is 35.5. The van der Waals surface area contributed by atoms with Gasteiger partial charge in [-0.1, -0.05) is 23.7 Å². The summed E-state index contributed by atoms with van der Waals surface area (Å²) >= 11 is 6.04. The number of anilines is 2. The summed E-state index contributed by atoms with van der Waals surface area (Å²) in [4.78, 5) is 25.5. The van der Waals surface area contributed by atoms with Gasteiger partial charge in [-0.2, -0.15) is 0 Å². The largest absolute Gasteiger partial charge is 0.495 e. The number of nitrogens with one attached hydrogen (secondary N) is 2. The summed E-state index contributed by atoms with van der Waals surface area (Å²) in [6, 6.07) is 11.0. The van der Waals surface area contributed by atoms with Gasteiger partial charge in [0.05, 0.1) is 36.4 Å². The fourth-order valence-corrected chi connectivity index (χ4v) is 4.47. The third-order valence-electron chi connectivity index (χ3n) is 5.06. The van der Waals surface area contributed by atoms with Gasteiger partial charge in [-0.25, -0.2) is 8.42 Å². The molecule has 1 heterocycles. The smallest absolute Gasteiger partial charge is 0.253 e. The van der Waals surface area contributed by atoms with E-state index in [2.05, 4.69) is 10.6 Å². The van der Waals surface area contributed by atoms with E-state index in [9.17, 15) is 18.0 Å². The molecule has 1 atom stereocenters. The summed E-state index contributed by atoms with van der Waals surface area (Å²) in [7, 11) is -2.47. The number of nitrogens with zero attached hydrogens (tertiary/aromatic N) is 1. The fourth-order valence-electron chi connectivity index (χ4n) is 3.46. The summed E-state index contributed by atoms with van der Waals surface area (Å²) in [6.07, 6.45) is 2.80. The average molecular weight is 496 g/mol. The second kappa shape index (κ2) is 10.9. The number of benzene rings is 2. The van der Waals surface area contributed by atoms with Crippen molar-refractivity contribution in [2.75, 3.05) is 42.7 Å². The molecule has 0 bridgehead atoms. The Balaban J connectivity index is 1.76. The minimum Gasteiger partial charge on any atom is -0.495 e. The maximum absolute atomic E-state index is 12.8. The Morgan fingerprint density at radius 2 is 2.00 bits per heavy atom. The molecule has 1 aliphatic rings. The standard InChI is InChI=1S/C22H26ClN3O6S/c1-31-20-10-9-15(23)12-19(20)26(33(2,29)30)14-21(27)25-18-8-4-3-7-17(18)22(28)24-13-16-6-5-11-32-16/h3-4,7-10,12,16H,5-6,11,13-14H2,1-2H3,(H,24,28)(H,25,27)/t16-/m1/s1. The van der Waals surface area contributed by atoms with Gasteiger partial charge < -0.3 is 20.1 Å². The van der Waals surface area contributed by atoms with Crippen molar-refractivity contribution < 1.29 is 27.5 Å². The number of rotatable bonds is 9. The van der Waals surface area contributed by atoms with E-state index in [1.165, 1.54) is 19.2 Å². The van der Waals surface area contributed by atoms with Crippen LogP contribution in [-0.4, -0.2) is 59.4 Å². The van der Waals surface area contributed by atoms with Gasteiger partial charge in [0.2, 0.25) is 15.9 Å². The summed E-state index contributed by atoms with van der Waals surface area (Å²) < 4.78 is 36.6. The molecule has 2 N–H and O–H groups in total. The molecule has 0 radical (unpaired) electrons. The van der Waals surface area contributed by atoms with Crippen LogP contribution in [0.15, 0.2) is 42.5 Å². The Labute approximate surface area is 198 Å². The van der Waals surface area contributed by atoms with Gasteiger partial charge in [0, 0.05) is 18.2 Å². The Hall–Kier alpha value is -2.82. The molecule has 2 aromatic carbocycles. The first-order valence-corrected chi connectivity index (χ1v) is 12.5. The molecule has 1 fully saturated rings. The number of hydrogen-bond acceptors (Lipinski definition) is 6. The van der Waals surface area contributed by atoms with Crippen LogP contribution in [0, 0.1) is 0 Å². The number of ether oxygens (including phenoxy) is 2. The number of carbonyl (C=O) groups excluding carboxylic acids is 2. The molecular formula is C22H26ClN3O6S. The molecule has 1 aliphatic heterocycles. The first-order valence-electron chi connectivity index (χ1n) is 10.3. The van der Waals surface area contributed by atoms with Crippen molar-refractivity contribution >= 4 is 44.8 Å². The van der Waals surface area contributed by atoms with E-state index in [0.29, 0.717) is 13.2 Å². The number of amides is 2. The minimum absolute atomic E-state index is 0.0216.